The van der Waals surface area contributed by atoms with Gasteiger partial charge in [0, 0.05) is 48.1 Å². The summed E-state index contributed by atoms with van der Waals surface area (Å²) in [5, 5.41) is 5.42. The van der Waals surface area contributed by atoms with Crippen molar-refractivity contribution in [1.29, 1.82) is 0 Å². The van der Waals surface area contributed by atoms with Crippen molar-refractivity contribution in [3.8, 4) is 11.3 Å². The molecule has 0 aliphatic carbocycles. The van der Waals surface area contributed by atoms with Crippen LogP contribution < -0.4 is 10.2 Å². The Hall–Kier alpha value is -3.20. The van der Waals surface area contributed by atoms with Gasteiger partial charge in [-0.25, -0.2) is 13.8 Å². The molecule has 1 unspecified atom stereocenters. The average Bonchev–Trinajstić information content (AvgIpc) is 3.33. The third kappa shape index (κ3) is 4.29. The summed E-state index contributed by atoms with van der Waals surface area (Å²) in [5.41, 5.74) is 1.86. The van der Waals surface area contributed by atoms with Crippen LogP contribution >= 0.6 is 11.3 Å². The summed E-state index contributed by atoms with van der Waals surface area (Å²) in [6.07, 6.45) is 3.36. The van der Waals surface area contributed by atoms with Gasteiger partial charge in [0.25, 0.3) is 0 Å². The summed E-state index contributed by atoms with van der Waals surface area (Å²) in [4.78, 5) is 34.4. The second kappa shape index (κ2) is 8.04. The maximum absolute atomic E-state index is 13.4. The van der Waals surface area contributed by atoms with Crippen LogP contribution in [0.1, 0.15) is 11.4 Å². The zero-order chi connectivity index (χ0) is 20.4. The fourth-order valence-corrected chi connectivity index (χ4v) is 3.93. The van der Waals surface area contributed by atoms with Crippen LogP contribution in [0.15, 0.2) is 48.1 Å². The molecule has 0 spiro atoms. The third-order valence-corrected chi connectivity index (χ3v) is 5.45. The van der Waals surface area contributed by atoms with Gasteiger partial charge in [-0.15, -0.1) is 11.3 Å². The molecule has 0 saturated carbocycles. The number of halogens is 2. The van der Waals surface area contributed by atoms with Crippen molar-refractivity contribution in [3.63, 3.8) is 0 Å². The molecule has 1 aliphatic heterocycles. The van der Waals surface area contributed by atoms with E-state index in [1.165, 1.54) is 16.2 Å². The molecule has 1 aliphatic rings. The van der Waals surface area contributed by atoms with Gasteiger partial charge in [0.15, 0.2) is 0 Å². The number of rotatable bonds is 5. The van der Waals surface area contributed by atoms with Crippen LogP contribution in [0, 0.1) is 17.6 Å². The van der Waals surface area contributed by atoms with Gasteiger partial charge in [-0.2, -0.15) is 0 Å². The van der Waals surface area contributed by atoms with Crippen LogP contribution in [0.5, 0.6) is 0 Å². The quantitative estimate of drug-likeness (QED) is 0.696. The molecule has 6 nitrogen and oxygen atoms in total. The zero-order valence-corrected chi connectivity index (χ0v) is 16.0. The van der Waals surface area contributed by atoms with Crippen molar-refractivity contribution in [1.82, 2.24) is 15.3 Å². The molecule has 1 fully saturated rings. The number of thiazole rings is 1. The predicted octanol–water partition coefficient (Wildman–Crippen LogP) is 3.15. The van der Waals surface area contributed by atoms with Crippen molar-refractivity contribution in [2.45, 2.75) is 13.0 Å². The first-order chi connectivity index (χ1) is 14.0. The maximum Gasteiger partial charge on any atom is 0.227 e. The molecular weight excluding hydrogens is 398 g/mol. The molecule has 4 rings (SSSR count). The van der Waals surface area contributed by atoms with Gasteiger partial charge < -0.3 is 10.2 Å². The number of carbonyl (C=O) groups excluding carboxylic acids is 2. The smallest absolute Gasteiger partial charge is 0.227 e. The highest BCUT2D eigenvalue weighted by atomic mass is 32.1. The molecule has 0 radical (unpaired) electrons. The lowest BCUT2D eigenvalue weighted by Crippen LogP contribution is -2.32. The third-order valence-electron chi connectivity index (χ3n) is 4.60. The summed E-state index contributed by atoms with van der Waals surface area (Å²) < 4.78 is 26.9. The van der Waals surface area contributed by atoms with E-state index in [4.69, 9.17) is 0 Å². The lowest BCUT2D eigenvalue weighted by Gasteiger charge is -2.17. The molecule has 3 heterocycles. The van der Waals surface area contributed by atoms with Gasteiger partial charge in [0.1, 0.15) is 16.6 Å². The fraction of sp³-hybridized carbons (Fsp3) is 0.200. The first-order valence-corrected chi connectivity index (χ1v) is 9.76. The molecule has 1 saturated heterocycles. The first kappa shape index (κ1) is 19.1. The maximum atomic E-state index is 13.4. The number of hydrogen-bond donors (Lipinski definition) is 1. The van der Waals surface area contributed by atoms with E-state index in [2.05, 4.69) is 15.3 Å². The topological polar surface area (TPSA) is 75.2 Å². The van der Waals surface area contributed by atoms with Gasteiger partial charge in [0.05, 0.1) is 18.2 Å². The number of amides is 2. The number of aromatic nitrogens is 2. The second-order valence-corrected chi connectivity index (χ2v) is 7.56. The fourth-order valence-electron chi connectivity index (χ4n) is 3.18. The van der Waals surface area contributed by atoms with Gasteiger partial charge >= 0.3 is 0 Å². The summed E-state index contributed by atoms with van der Waals surface area (Å²) in [6.45, 7) is 0.321. The number of pyridine rings is 1. The molecule has 148 valence electrons. The second-order valence-electron chi connectivity index (χ2n) is 6.61. The zero-order valence-electron chi connectivity index (χ0n) is 15.1. The largest absolute Gasteiger partial charge is 0.349 e. The van der Waals surface area contributed by atoms with Crippen LogP contribution in [-0.4, -0.2) is 28.3 Å². The predicted molar refractivity (Wildman–Crippen MR) is 104 cm³/mol. The van der Waals surface area contributed by atoms with E-state index in [9.17, 15) is 18.4 Å². The molecule has 29 heavy (non-hydrogen) atoms. The van der Waals surface area contributed by atoms with E-state index in [-0.39, 0.29) is 37.0 Å². The number of benzene rings is 1. The standard InChI is InChI=1S/C20H16F2N4O2S/c21-14-6-15(22)8-16(7-14)26-10-13(5-19(26)27)20(28)24-9-18-25-17(11-29-18)12-1-3-23-4-2-12/h1-4,6-8,11,13H,5,9-10H2,(H,24,28). The Bertz CT molecular complexity index is 1040. The molecule has 9 heteroatoms. The Labute approximate surface area is 169 Å². The molecule has 1 atom stereocenters. The van der Waals surface area contributed by atoms with Crippen molar-refractivity contribution < 1.29 is 18.4 Å². The monoisotopic (exact) mass is 414 g/mol. The van der Waals surface area contributed by atoms with Gasteiger partial charge in [-0.1, -0.05) is 0 Å². The average molecular weight is 414 g/mol. The van der Waals surface area contributed by atoms with Gasteiger partial charge in [-0.05, 0) is 24.3 Å². The summed E-state index contributed by atoms with van der Waals surface area (Å²) >= 11 is 1.42. The van der Waals surface area contributed by atoms with Crippen molar-refractivity contribution in [2.24, 2.45) is 5.92 Å². The molecule has 1 N–H and O–H groups in total. The Balaban J connectivity index is 1.37. The Morgan fingerprint density at radius 1 is 1.21 bits per heavy atom. The Kier molecular flexibility index (Phi) is 5.30. The summed E-state index contributed by atoms with van der Waals surface area (Å²) in [7, 11) is 0. The minimum atomic E-state index is -0.769. The molecule has 1 aromatic carbocycles. The Morgan fingerprint density at radius 2 is 1.93 bits per heavy atom. The van der Waals surface area contributed by atoms with Crippen molar-refractivity contribution in [3.05, 3.63) is 64.7 Å². The number of hydrogen-bond acceptors (Lipinski definition) is 5. The molecular formula is C20H16F2N4O2S. The van der Waals surface area contributed by atoms with E-state index in [0.29, 0.717) is 0 Å². The van der Waals surface area contributed by atoms with E-state index >= 15 is 0 Å². The highest BCUT2D eigenvalue weighted by molar-refractivity contribution is 7.09. The van der Waals surface area contributed by atoms with E-state index < -0.39 is 17.6 Å². The van der Waals surface area contributed by atoms with Crippen LogP contribution in [0.4, 0.5) is 14.5 Å². The SMILES string of the molecule is O=C(NCc1nc(-c2ccncc2)cs1)C1CC(=O)N(c2cc(F)cc(F)c2)C1. The van der Waals surface area contributed by atoms with E-state index in [1.807, 2.05) is 17.5 Å². The molecule has 3 aromatic rings. The molecule has 2 amide bonds. The van der Waals surface area contributed by atoms with Gasteiger partial charge in [-0.3, -0.25) is 14.6 Å². The summed E-state index contributed by atoms with van der Waals surface area (Å²) in [6, 6.07) is 6.61. The normalized spacial score (nSPS) is 16.3. The minimum absolute atomic E-state index is 0.00982. The van der Waals surface area contributed by atoms with Crippen molar-refractivity contribution in [2.75, 3.05) is 11.4 Å². The van der Waals surface area contributed by atoms with E-state index in [0.717, 1.165) is 34.5 Å². The highest BCUT2D eigenvalue weighted by Crippen LogP contribution is 2.27. The number of carbonyl (C=O) groups is 2. The Morgan fingerprint density at radius 3 is 2.66 bits per heavy atom. The lowest BCUT2D eigenvalue weighted by atomic mass is 10.1. The number of nitrogens with one attached hydrogen (secondary N) is 1. The molecule has 0 bridgehead atoms. The molecule has 2 aromatic heterocycles. The first-order valence-electron chi connectivity index (χ1n) is 8.88. The summed E-state index contributed by atoms with van der Waals surface area (Å²) in [5.74, 6) is -2.76. The van der Waals surface area contributed by atoms with Crippen LogP contribution in [0.3, 0.4) is 0 Å². The van der Waals surface area contributed by atoms with Crippen LogP contribution in [0.2, 0.25) is 0 Å². The van der Waals surface area contributed by atoms with Crippen LogP contribution in [-0.2, 0) is 16.1 Å². The lowest BCUT2D eigenvalue weighted by molar-refractivity contribution is -0.126. The minimum Gasteiger partial charge on any atom is -0.349 e. The van der Waals surface area contributed by atoms with Crippen molar-refractivity contribution >= 4 is 28.8 Å². The van der Waals surface area contributed by atoms with Gasteiger partial charge in [0.2, 0.25) is 11.8 Å². The van der Waals surface area contributed by atoms with E-state index in [1.54, 1.807) is 12.4 Å². The van der Waals surface area contributed by atoms with Crippen LogP contribution in [0.25, 0.3) is 11.3 Å². The highest BCUT2D eigenvalue weighted by Gasteiger charge is 2.35. The number of anilines is 1. The number of nitrogens with zero attached hydrogens (tertiary/aromatic N) is 3.